The molecule has 98 valence electrons. The standard InChI is InChI=1S/C16H16FNS/c17-14-7-5-12(6-8-14)9-18-10-13-11-19-16-4-2-1-3-15(13)16/h1-8,13,18H,9-11H2. The van der Waals surface area contributed by atoms with Gasteiger partial charge in [0.15, 0.2) is 0 Å². The first-order valence-electron chi connectivity index (χ1n) is 6.50. The highest BCUT2D eigenvalue weighted by Gasteiger charge is 2.21. The van der Waals surface area contributed by atoms with Crippen LogP contribution in [0.3, 0.4) is 0 Å². The van der Waals surface area contributed by atoms with Crippen LogP contribution in [0.2, 0.25) is 0 Å². The van der Waals surface area contributed by atoms with Gasteiger partial charge in [-0.05, 0) is 29.3 Å². The fraction of sp³-hybridized carbons (Fsp3) is 0.250. The van der Waals surface area contributed by atoms with Crippen LogP contribution in [-0.2, 0) is 6.54 Å². The number of nitrogens with one attached hydrogen (secondary N) is 1. The van der Waals surface area contributed by atoms with Gasteiger partial charge in [0.05, 0.1) is 0 Å². The predicted molar refractivity (Wildman–Crippen MR) is 78.0 cm³/mol. The van der Waals surface area contributed by atoms with Crippen molar-refractivity contribution >= 4 is 11.8 Å². The summed E-state index contributed by atoms with van der Waals surface area (Å²) in [7, 11) is 0. The largest absolute Gasteiger partial charge is 0.312 e. The molecule has 2 aromatic rings. The number of thioether (sulfide) groups is 1. The summed E-state index contributed by atoms with van der Waals surface area (Å²) in [5.74, 6) is 1.56. The molecular formula is C16H16FNS. The molecule has 0 saturated heterocycles. The van der Waals surface area contributed by atoms with Crippen LogP contribution in [0.4, 0.5) is 4.39 Å². The Morgan fingerprint density at radius 2 is 1.89 bits per heavy atom. The van der Waals surface area contributed by atoms with E-state index in [0.717, 1.165) is 24.4 Å². The molecule has 0 aromatic heterocycles. The van der Waals surface area contributed by atoms with Crippen LogP contribution in [0.25, 0.3) is 0 Å². The van der Waals surface area contributed by atoms with Crippen molar-refractivity contribution in [2.24, 2.45) is 0 Å². The van der Waals surface area contributed by atoms with Crippen molar-refractivity contribution in [2.75, 3.05) is 12.3 Å². The second-order valence-corrected chi connectivity index (χ2v) is 5.86. The molecule has 0 radical (unpaired) electrons. The van der Waals surface area contributed by atoms with E-state index >= 15 is 0 Å². The monoisotopic (exact) mass is 273 g/mol. The molecule has 1 aliphatic heterocycles. The van der Waals surface area contributed by atoms with E-state index in [2.05, 4.69) is 29.6 Å². The summed E-state index contributed by atoms with van der Waals surface area (Å²) in [4.78, 5) is 1.41. The van der Waals surface area contributed by atoms with Crippen LogP contribution in [-0.4, -0.2) is 12.3 Å². The first-order chi connectivity index (χ1) is 9.33. The zero-order chi connectivity index (χ0) is 13.1. The topological polar surface area (TPSA) is 12.0 Å². The molecule has 1 heterocycles. The molecule has 1 unspecified atom stereocenters. The SMILES string of the molecule is Fc1ccc(CNCC2CSc3ccccc32)cc1. The summed E-state index contributed by atoms with van der Waals surface area (Å²) in [6.45, 7) is 1.77. The Labute approximate surface area is 117 Å². The highest BCUT2D eigenvalue weighted by Crippen LogP contribution is 2.38. The molecule has 2 aromatic carbocycles. The lowest BCUT2D eigenvalue weighted by molar-refractivity contribution is 0.613. The third-order valence-corrected chi connectivity index (χ3v) is 4.68. The van der Waals surface area contributed by atoms with Crippen LogP contribution >= 0.6 is 11.8 Å². The molecule has 0 saturated carbocycles. The summed E-state index contributed by atoms with van der Waals surface area (Å²) in [5, 5.41) is 3.47. The summed E-state index contributed by atoms with van der Waals surface area (Å²) in [6, 6.07) is 15.3. The number of benzene rings is 2. The third-order valence-electron chi connectivity index (χ3n) is 3.43. The molecular weight excluding hydrogens is 257 g/mol. The number of hydrogen-bond acceptors (Lipinski definition) is 2. The molecule has 1 N–H and O–H groups in total. The normalized spacial score (nSPS) is 17.4. The van der Waals surface area contributed by atoms with Gasteiger partial charge in [-0.15, -0.1) is 11.8 Å². The quantitative estimate of drug-likeness (QED) is 0.909. The average molecular weight is 273 g/mol. The number of rotatable bonds is 4. The summed E-state index contributed by atoms with van der Waals surface area (Å²) in [5.41, 5.74) is 2.58. The maximum Gasteiger partial charge on any atom is 0.123 e. The van der Waals surface area contributed by atoms with E-state index in [0.29, 0.717) is 5.92 Å². The van der Waals surface area contributed by atoms with Gasteiger partial charge in [-0.1, -0.05) is 30.3 Å². The first kappa shape index (κ1) is 12.7. The minimum atomic E-state index is -0.176. The van der Waals surface area contributed by atoms with Gasteiger partial charge in [0.2, 0.25) is 0 Å². The molecule has 0 spiro atoms. The zero-order valence-corrected chi connectivity index (χ0v) is 11.4. The van der Waals surface area contributed by atoms with Gasteiger partial charge in [-0.25, -0.2) is 4.39 Å². The van der Waals surface area contributed by atoms with Crippen LogP contribution in [0.5, 0.6) is 0 Å². The Balaban J connectivity index is 1.55. The number of halogens is 1. The highest BCUT2D eigenvalue weighted by molar-refractivity contribution is 7.99. The minimum absolute atomic E-state index is 0.176. The lowest BCUT2D eigenvalue weighted by Gasteiger charge is -2.12. The third kappa shape index (κ3) is 2.99. The molecule has 0 amide bonds. The molecule has 0 bridgehead atoms. The highest BCUT2D eigenvalue weighted by atomic mass is 32.2. The van der Waals surface area contributed by atoms with E-state index < -0.39 is 0 Å². The Kier molecular flexibility index (Phi) is 3.85. The van der Waals surface area contributed by atoms with Crippen LogP contribution < -0.4 is 5.32 Å². The Bertz CT molecular complexity index is 553. The van der Waals surface area contributed by atoms with Crippen molar-refractivity contribution in [1.82, 2.24) is 5.32 Å². The lowest BCUT2D eigenvalue weighted by atomic mass is 10.0. The molecule has 1 aliphatic rings. The van der Waals surface area contributed by atoms with E-state index in [1.54, 1.807) is 0 Å². The van der Waals surface area contributed by atoms with Gasteiger partial charge in [-0.3, -0.25) is 0 Å². The van der Waals surface area contributed by atoms with E-state index in [-0.39, 0.29) is 5.82 Å². The molecule has 1 atom stereocenters. The van der Waals surface area contributed by atoms with E-state index in [9.17, 15) is 4.39 Å². The summed E-state index contributed by atoms with van der Waals surface area (Å²) < 4.78 is 12.8. The fourth-order valence-corrected chi connectivity index (χ4v) is 3.65. The second-order valence-electron chi connectivity index (χ2n) is 4.80. The van der Waals surface area contributed by atoms with Crippen molar-refractivity contribution in [3.63, 3.8) is 0 Å². The van der Waals surface area contributed by atoms with Crippen molar-refractivity contribution in [3.05, 3.63) is 65.5 Å². The van der Waals surface area contributed by atoms with Gasteiger partial charge >= 0.3 is 0 Å². The second kappa shape index (κ2) is 5.76. The van der Waals surface area contributed by atoms with Gasteiger partial charge in [0, 0.05) is 29.7 Å². The molecule has 1 nitrogen and oxygen atoms in total. The van der Waals surface area contributed by atoms with E-state index in [1.807, 2.05) is 23.9 Å². The summed E-state index contributed by atoms with van der Waals surface area (Å²) >= 11 is 1.93. The van der Waals surface area contributed by atoms with Crippen LogP contribution in [0.1, 0.15) is 17.0 Å². The van der Waals surface area contributed by atoms with Crippen LogP contribution in [0, 0.1) is 5.82 Å². The maximum absolute atomic E-state index is 12.8. The fourth-order valence-electron chi connectivity index (χ4n) is 2.39. The number of hydrogen-bond donors (Lipinski definition) is 1. The molecule has 0 fully saturated rings. The molecule has 19 heavy (non-hydrogen) atoms. The predicted octanol–water partition coefficient (Wildman–Crippen LogP) is 3.80. The number of fused-ring (bicyclic) bond motifs is 1. The minimum Gasteiger partial charge on any atom is -0.312 e. The Morgan fingerprint density at radius 1 is 1.11 bits per heavy atom. The van der Waals surface area contributed by atoms with Gasteiger partial charge < -0.3 is 5.32 Å². The van der Waals surface area contributed by atoms with Gasteiger partial charge in [0.25, 0.3) is 0 Å². The summed E-state index contributed by atoms with van der Waals surface area (Å²) in [6.07, 6.45) is 0. The van der Waals surface area contributed by atoms with Gasteiger partial charge in [0.1, 0.15) is 5.82 Å². The van der Waals surface area contributed by atoms with Crippen molar-refractivity contribution < 1.29 is 4.39 Å². The zero-order valence-electron chi connectivity index (χ0n) is 10.6. The first-order valence-corrected chi connectivity index (χ1v) is 7.48. The average Bonchev–Trinajstić information content (AvgIpc) is 2.85. The molecule has 3 heteroatoms. The van der Waals surface area contributed by atoms with E-state index in [1.165, 1.54) is 22.6 Å². The molecule has 3 rings (SSSR count). The van der Waals surface area contributed by atoms with Crippen LogP contribution in [0.15, 0.2) is 53.4 Å². The van der Waals surface area contributed by atoms with Gasteiger partial charge in [-0.2, -0.15) is 0 Å². The van der Waals surface area contributed by atoms with Crippen molar-refractivity contribution in [1.29, 1.82) is 0 Å². The van der Waals surface area contributed by atoms with Crippen molar-refractivity contribution in [3.8, 4) is 0 Å². The van der Waals surface area contributed by atoms with Crippen molar-refractivity contribution in [2.45, 2.75) is 17.4 Å². The Hall–Kier alpha value is -1.32. The Morgan fingerprint density at radius 3 is 2.74 bits per heavy atom. The smallest absolute Gasteiger partial charge is 0.123 e. The molecule has 0 aliphatic carbocycles. The maximum atomic E-state index is 12.8. The lowest BCUT2D eigenvalue weighted by Crippen LogP contribution is -2.21. The van der Waals surface area contributed by atoms with E-state index in [4.69, 9.17) is 0 Å².